The average molecular weight is 630 g/mol. The van der Waals surface area contributed by atoms with Gasteiger partial charge in [-0.3, -0.25) is 9.69 Å². The number of hydrazine groups is 1. The van der Waals surface area contributed by atoms with Crippen LogP contribution in [0.5, 0.6) is 11.5 Å². The van der Waals surface area contributed by atoms with Crippen LogP contribution in [0.2, 0.25) is 5.02 Å². The first-order chi connectivity index (χ1) is 21.6. The quantitative estimate of drug-likeness (QED) is 0.223. The Labute approximate surface area is 267 Å². The summed E-state index contributed by atoms with van der Waals surface area (Å²) in [7, 11) is 3.59. The molecule has 3 amide bonds. The summed E-state index contributed by atoms with van der Waals surface area (Å²) in [6, 6.07) is 24.1. The van der Waals surface area contributed by atoms with Crippen molar-refractivity contribution in [3.8, 4) is 11.5 Å². The van der Waals surface area contributed by atoms with E-state index in [2.05, 4.69) is 29.6 Å². The first-order valence-corrected chi connectivity index (χ1v) is 15.0. The van der Waals surface area contributed by atoms with Crippen molar-refractivity contribution in [1.29, 1.82) is 0 Å². The molecule has 4 aromatic rings. The van der Waals surface area contributed by atoms with Crippen molar-refractivity contribution < 1.29 is 24.6 Å². The molecular formula is C34H36ClN5O5. The number of carbonyl (C=O) groups is 3. The van der Waals surface area contributed by atoms with Crippen LogP contribution in [0.15, 0.2) is 84.9 Å². The van der Waals surface area contributed by atoms with E-state index in [1.165, 1.54) is 28.1 Å². The third-order valence-electron chi connectivity index (χ3n) is 7.98. The normalized spacial score (nSPS) is 16.3. The summed E-state index contributed by atoms with van der Waals surface area (Å²) in [5, 5.41) is 27.9. The molecule has 10 nitrogen and oxygen atoms in total. The molecule has 0 aromatic heterocycles. The van der Waals surface area contributed by atoms with Gasteiger partial charge in [0.1, 0.15) is 24.0 Å². The number of likely N-dealkylation sites (N-methyl/N-ethyl adjacent to an activating group) is 2. The number of hydrogen-bond acceptors (Lipinski definition) is 7. The van der Waals surface area contributed by atoms with E-state index in [0.717, 1.165) is 28.2 Å². The molecule has 0 spiro atoms. The highest BCUT2D eigenvalue weighted by molar-refractivity contribution is 6.32. The van der Waals surface area contributed by atoms with Gasteiger partial charge in [0.05, 0.1) is 17.6 Å². The predicted molar refractivity (Wildman–Crippen MR) is 172 cm³/mol. The zero-order valence-corrected chi connectivity index (χ0v) is 25.9. The maximum absolute atomic E-state index is 13.8. The van der Waals surface area contributed by atoms with Crippen LogP contribution in [0.3, 0.4) is 0 Å². The first-order valence-electron chi connectivity index (χ1n) is 14.6. The van der Waals surface area contributed by atoms with Gasteiger partial charge in [-0.25, -0.2) is 14.8 Å². The Morgan fingerprint density at radius 2 is 1.76 bits per heavy atom. The van der Waals surface area contributed by atoms with Crippen molar-refractivity contribution in [2.45, 2.75) is 31.7 Å². The Morgan fingerprint density at radius 1 is 1.04 bits per heavy atom. The molecule has 45 heavy (non-hydrogen) atoms. The summed E-state index contributed by atoms with van der Waals surface area (Å²) in [5.41, 5.74) is 2.54. The zero-order chi connectivity index (χ0) is 32.1. The third kappa shape index (κ3) is 7.37. The molecule has 1 saturated heterocycles. The van der Waals surface area contributed by atoms with E-state index in [1.807, 2.05) is 30.1 Å². The standard InChI is InChI=1S/C34H36ClN5O5/c1-37(19-26-8-5-7-25-6-3-4-9-29(25)26)20-32-39(27(22-41)16-23-10-13-28(42)14-11-23)33(44)21-38(2)40(32)34(45)36-18-24-12-15-31(43)30(35)17-24/h3-15,17,22,27,32,42-43H,16,18-21H2,1-2H3,(H,36,45). The molecule has 1 aliphatic heterocycles. The van der Waals surface area contributed by atoms with Crippen molar-refractivity contribution in [2.24, 2.45) is 0 Å². The summed E-state index contributed by atoms with van der Waals surface area (Å²) < 4.78 is 0. The van der Waals surface area contributed by atoms with Crippen LogP contribution in [0.4, 0.5) is 4.79 Å². The lowest BCUT2D eigenvalue weighted by Gasteiger charge is -2.50. The maximum Gasteiger partial charge on any atom is 0.334 e. The Balaban J connectivity index is 1.44. The number of phenols is 2. The molecule has 1 fully saturated rings. The summed E-state index contributed by atoms with van der Waals surface area (Å²) in [5.74, 6) is -0.242. The molecule has 234 valence electrons. The molecule has 1 aliphatic rings. The van der Waals surface area contributed by atoms with Gasteiger partial charge in [0, 0.05) is 26.7 Å². The van der Waals surface area contributed by atoms with E-state index in [9.17, 15) is 24.6 Å². The number of nitrogens with zero attached hydrogens (tertiary/aromatic N) is 4. The molecule has 4 aromatic carbocycles. The number of aromatic hydroxyl groups is 2. The second-order valence-corrected chi connectivity index (χ2v) is 11.7. The van der Waals surface area contributed by atoms with Crippen LogP contribution in [0, 0.1) is 0 Å². The van der Waals surface area contributed by atoms with Crippen molar-refractivity contribution >= 4 is 40.6 Å². The smallest absolute Gasteiger partial charge is 0.334 e. The highest BCUT2D eigenvalue weighted by Crippen LogP contribution is 2.26. The topological polar surface area (TPSA) is 117 Å². The first kappa shape index (κ1) is 31.8. The van der Waals surface area contributed by atoms with E-state index in [-0.39, 0.29) is 48.5 Å². The van der Waals surface area contributed by atoms with Gasteiger partial charge in [-0.15, -0.1) is 0 Å². The fraction of sp³-hybridized carbons (Fsp3) is 0.265. The number of fused-ring (bicyclic) bond motifs is 1. The van der Waals surface area contributed by atoms with Crippen LogP contribution in [-0.4, -0.2) is 87.6 Å². The van der Waals surface area contributed by atoms with Gasteiger partial charge in [0.2, 0.25) is 5.91 Å². The largest absolute Gasteiger partial charge is 0.508 e. The number of aldehydes is 1. The number of carbonyl (C=O) groups excluding carboxylic acids is 3. The molecule has 2 unspecified atom stereocenters. The van der Waals surface area contributed by atoms with E-state index in [0.29, 0.717) is 12.1 Å². The number of hydrogen-bond donors (Lipinski definition) is 3. The van der Waals surface area contributed by atoms with Crippen LogP contribution in [0.25, 0.3) is 10.8 Å². The number of benzene rings is 4. The number of amides is 3. The summed E-state index contributed by atoms with van der Waals surface area (Å²) in [4.78, 5) is 43.6. The van der Waals surface area contributed by atoms with E-state index in [4.69, 9.17) is 11.6 Å². The van der Waals surface area contributed by atoms with Gasteiger partial charge in [0.15, 0.2) is 0 Å². The minimum atomic E-state index is -0.863. The van der Waals surface area contributed by atoms with Gasteiger partial charge in [-0.05, 0) is 65.2 Å². The summed E-state index contributed by atoms with van der Waals surface area (Å²) >= 11 is 6.07. The second kappa shape index (κ2) is 14.0. The summed E-state index contributed by atoms with van der Waals surface area (Å²) in [6.07, 6.45) is 0.124. The van der Waals surface area contributed by atoms with Gasteiger partial charge >= 0.3 is 6.03 Å². The maximum atomic E-state index is 13.8. The molecular weight excluding hydrogens is 594 g/mol. The van der Waals surface area contributed by atoms with Crippen LogP contribution in [-0.2, 0) is 29.1 Å². The van der Waals surface area contributed by atoms with Crippen molar-refractivity contribution in [3.05, 3.63) is 107 Å². The Morgan fingerprint density at radius 3 is 2.49 bits per heavy atom. The molecule has 0 bridgehead atoms. The molecule has 0 saturated carbocycles. The second-order valence-electron chi connectivity index (χ2n) is 11.3. The average Bonchev–Trinajstić information content (AvgIpc) is 3.02. The molecule has 0 radical (unpaired) electrons. The monoisotopic (exact) mass is 629 g/mol. The number of urea groups is 1. The number of phenolic OH excluding ortho intramolecular Hbond substituents is 2. The lowest BCUT2D eigenvalue weighted by atomic mass is 10.0. The fourth-order valence-electron chi connectivity index (χ4n) is 5.80. The van der Waals surface area contributed by atoms with Crippen molar-refractivity contribution in [1.82, 2.24) is 25.1 Å². The van der Waals surface area contributed by atoms with Gasteiger partial charge in [-0.1, -0.05) is 72.3 Å². The van der Waals surface area contributed by atoms with Gasteiger partial charge < -0.3 is 25.2 Å². The number of halogens is 1. The molecule has 11 heteroatoms. The molecule has 3 N–H and O–H groups in total. The van der Waals surface area contributed by atoms with Gasteiger partial charge in [-0.2, -0.15) is 0 Å². The van der Waals surface area contributed by atoms with Crippen molar-refractivity contribution in [3.63, 3.8) is 0 Å². The summed E-state index contributed by atoms with van der Waals surface area (Å²) in [6.45, 7) is 0.800. The SMILES string of the molecule is CN(Cc1cccc2ccccc12)CC1N(C(C=O)Cc2ccc(O)cc2)C(=O)CN(C)N1C(=O)NCc1ccc(O)c(Cl)c1. The Kier molecular flexibility index (Phi) is 9.87. The van der Waals surface area contributed by atoms with E-state index < -0.39 is 18.2 Å². The highest BCUT2D eigenvalue weighted by atomic mass is 35.5. The lowest BCUT2D eigenvalue weighted by Crippen LogP contribution is -2.71. The lowest BCUT2D eigenvalue weighted by molar-refractivity contribution is -0.171. The highest BCUT2D eigenvalue weighted by Gasteiger charge is 2.43. The van der Waals surface area contributed by atoms with E-state index in [1.54, 1.807) is 36.3 Å². The molecule has 2 atom stereocenters. The minimum Gasteiger partial charge on any atom is -0.508 e. The van der Waals surface area contributed by atoms with Crippen LogP contribution < -0.4 is 5.32 Å². The molecule has 0 aliphatic carbocycles. The number of rotatable bonds is 10. The van der Waals surface area contributed by atoms with Crippen LogP contribution >= 0.6 is 11.6 Å². The zero-order valence-electron chi connectivity index (χ0n) is 25.1. The molecule has 5 rings (SSSR count). The van der Waals surface area contributed by atoms with Crippen molar-refractivity contribution in [2.75, 3.05) is 27.2 Å². The minimum absolute atomic E-state index is 0.0560. The predicted octanol–water partition coefficient (Wildman–Crippen LogP) is 4.37. The number of nitrogens with one attached hydrogen (secondary N) is 1. The van der Waals surface area contributed by atoms with Crippen LogP contribution in [0.1, 0.15) is 16.7 Å². The Hall–Kier alpha value is -4.64. The molecule has 1 heterocycles. The fourth-order valence-corrected chi connectivity index (χ4v) is 6.00. The third-order valence-corrected chi connectivity index (χ3v) is 8.28. The van der Waals surface area contributed by atoms with Gasteiger partial charge in [0.25, 0.3) is 0 Å². The Bertz CT molecular complexity index is 1680. The van der Waals surface area contributed by atoms with E-state index >= 15 is 0 Å².